The lowest BCUT2D eigenvalue weighted by Crippen LogP contribution is -2.43. The van der Waals surface area contributed by atoms with E-state index < -0.39 is 0 Å². The summed E-state index contributed by atoms with van der Waals surface area (Å²) in [7, 11) is 0. The second kappa shape index (κ2) is 3.12. The Labute approximate surface area is 87.1 Å². The Morgan fingerprint density at radius 3 is 2.15 bits per heavy atom. The molecule has 1 saturated carbocycles. The Morgan fingerprint density at radius 1 is 1.23 bits per heavy atom. The van der Waals surface area contributed by atoms with Crippen LogP contribution in [0.1, 0.15) is 24.8 Å². The van der Waals surface area contributed by atoms with Crippen molar-refractivity contribution in [2.75, 3.05) is 0 Å². The van der Waals surface area contributed by atoms with E-state index in [0.717, 1.165) is 18.4 Å². The van der Waals surface area contributed by atoms with Crippen LogP contribution < -0.4 is 5.73 Å². The molecule has 0 unspecified atom stereocenters. The number of halogens is 2. The van der Waals surface area contributed by atoms with Crippen LogP contribution in [0.15, 0.2) is 12.1 Å². The number of nitrogens with zero attached hydrogens (tertiary/aromatic N) is 1. The molecule has 0 atom stereocenters. The number of pyridine rings is 1. The van der Waals surface area contributed by atoms with E-state index in [1.807, 2.05) is 0 Å². The van der Waals surface area contributed by atoms with Crippen molar-refractivity contribution >= 4 is 23.2 Å². The third kappa shape index (κ3) is 1.66. The van der Waals surface area contributed by atoms with E-state index in [1.165, 1.54) is 6.42 Å². The van der Waals surface area contributed by atoms with Crippen molar-refractivity contribution in [1.82, 2.24) is 4.98 Å². The first-order valence-electron chi connectivity index (χ1n) is 4.23. The highest BCUT2D eigenvalue weighted by molar-refractivity contribution is 6.32. The number of hydrogen-bond acceptors (Lipinski definition) is 2. The van der Waals surface area contributed by atoms with Gasteiger partial charge in [0.05, 0.1) is 0 Å². The van der Waals surface area contributed by atoms with Gasteiger partial charge in [-0.05, 0) is 37.0 Å². The van der Waals surface area contributed by atoms with Crippen molar-refractivity contribution in [1.29, 1.82) is 0 Å². The Hall–Kier alpha value is -0.310. The van der Waals surface area contributed by atoms with Gasteiger partial charge in [-0.2, -0.15) is 0 Å². The van der Waals surface area contributed by atoms with Crippen LogP contribution in [-0.4, -0.2) is 4.98 Å². The molecule has 2 nitrogen and oxygen atoms in total. The van der Waals surface area contributed by atoms with Crippen molar-refractivity contribution in [2.45, 2.75) is 24.8 Å². The van der Waals surface area contributed by atoms with Crippen LogP contribution in [0.25, 0.3) is 0 Å². The van der Waals surface area contributed by atoms with E-state index in [9.17, 15) is 0 Å². The first-order chi connectivity index (χ1) is 6.10. The van der Waals surface area contributed by atoms with Gasteiger partial charge in [-0.3, -0.25) is 0 Å². The van der Waals surface area contributed by atoms with Gasteiger partial charge in [0.25, 0.3) is 0 Å². The van der Waals surface area contributed by atoms with Crippen LogP contribution in [0.3, 0.4) is 0 Å². The predicted octanol–water partition coefficient (Wildman–Crippen LogP) is 2.73. The van der Waals surface area contributed by atoms with E-state index in [1.54, 1.807) is 12.1 Å². The molecular formula is C9H10Cl2N2. The molecule has 1 aromatic rings. The molecule has 0 aliphatic heterocycles. The molecule has 70 valence electrons. The van der Waals surface area contributed by atoms with Gasteiger partial charge in [0, 0.05) is 5.54 Å². The van der Waals surface area contributed by atoms with Crippen molar-refractivity contribution in [3.63, 3.8) is 0 Å². The summed E-state index contributed by atoms with van der Waals surface area (Å²) >= 11 is 11.6. The van der Waals surface area contributed by atoms with Gasteiger partial charge >= 0.3 is 0 Å². The molecule has 0 bridgehead atoms. The summed E-state index contributed by atoms with van der Waals surface area (Å²) in [5.74, 6) is 0. The van der Waals surface area contributed by atoms with E-state index >= 15 is 0 Å². The summed E-state index contributed by atoms with van der Waals surface area (Å²) < 4.78 is 0. The number of aromatic nitrogens is 1. The second-order valence-electron chi connectivity index (χ2n) is 3.51. The fourth-order valence-corrected chi connectivity index (χ4v) is 2.06. The maximum absolute atomic E-state index is 6.12. The Morgan fingerprint density at radius 2 is 1.77 bits per heavy atom. The van der Waals surface area contributed by atoms with Crippen molar-refractivity contribution in [3.8, 4) is 0 Å². The third-order valence-electron chi connectivity index (χ3n) is 2.58. The molecule has 4 heteroatoms. The van der Waals surface area contributed by atoms with Crippen LogP contribution in [0, 0.1) is 0 Å². The zero-order valence-corrected chi connectivity index (χ0v) is 8.57. The Balaban J connectivity index is 2.39. The summed E-state index contributed by atoms with van der Waals surface area (Å²) in [6.45, 7) is 0. The molecule has 1 heterocycles. The van der Waals surface area contributed by atoms with Crippen LogP contribution in [-0.2, 0) is 5.54 Å². The summed E-state index contributed by atoms with van der Waals surface area (Å²) in [4.78, 5) is 3.88. The molecule has 2 rings (SSSR count). The van der Waals surface area contributed by atoms with Crippen molar-refractivity contribution in [3.05, 3.63) is 28.0 Å². The summed E-state index contributed by atoms with van der Waals surface area (Å²) in [6.07, 6.45) is 3.18. The van der Waals surface area contributed by atoms with E-state index in [2.05, 4.69) is 4.98 Å². The van der Waals surface area contributed by atoms with Crippen LogP contribution in [0.2, 0.25) is 10.3 Å². The lowest BCUT2D eigenvalue weighted by Gasteiger charge is -2.38. The monoisotopic (exact) mass is 216 g/mol. The fraction of sp³-hybridized carbons (Fsp3) is 0.444. The summed E-state index contributed by atoms with van der Waals surface area (Å²) in [5.41, 5.74) is 6.91. The maximum Gasteiger partial charge on any atom is 0.131 e. The van der Waals surface area contributed by atoms with Gasteiger partial charge in [-0.1, -0.05) is 23.2 Å². The van der Waals surface area contributed by atoms with E-state index in [-0.39, 0.29) is 5.54 Å². The maximum atomic E-state index is 6.12. The van der Waals surface area contributed by atoms with Gasteiger partial charge in [0.15, 0.2) is 0 Å². The third-order valence-corrected chi connectivity index (χ3v) is 2.97. The molecule has 0 aromatic carbocycles. The molecule has 0 spiro atoms. The van der Waals surface area contributed by atoms with Gasteiger partial charge in [-0.15, -0.1) is 0 Å². The molecule has 0 saturated heterocycles. The molecule has 1 fully saturated rings. The first kappa shape index (κ1) is 9.25. The van der Waals surface area contributed by atoms with Gasteiger partial charge in [0.2, 0.25) is 0 Å². The van der Waals surface area contributed by atoms with Crippen molar-refractivity contribution in [2.24, 2.45) is 5.73 Å². The highest BCUT2D eigenvalue weighted by atomic mass is 35.5. The minimum absolute atomic E-state index is 0.212. The number of hydrogen-bond donors (Lipinski definition) is 1. The molecule has 1 aliphatic carbocycles. The summed E-state index contributed by atoms with van der Waals surface area (Å²) in [6, 6.07) is 3.60. The summed E-state index contributed by atoms with van der Waals surface area (Å²) in [5, 5.41) is 0.832. The topological polar surface area (TPSA) is 38.9 Å². The van der Waals surface area contributed by atoms with Gasteiger partial charge in [0.1, 0.15) is 10.3 Å². The molecule has 0 amide bonds. The highest BCUT2D eigenvalue weighted by Gasteiger charge is 2.34. The number of rotatable bonds is 1. The zero-order valence-electron chi connectivity index (χ0n) is 7.06. The van der Waals surface area contributed by atoms with E-state index in [4.69, 9.17) is 28.9 Å². The average molecular weight is 217 g/mol. The fourth-order valence-electron chi connectivity index (χ4n) is 1.60. The largest absolute Gasteiger partial charge is 0.321 e. The standard InChI is InChI=1S/C9H10Cl2N2/c10-7-4-6(5-8(11)13-7)9(12)2-1-3-9/h4-5H,1-3,12H2. The average Bonchev–Trinajstić information content (AvgIpc) is 1.98. The van der Waals surface area contributed by atoms with E-state index in [0.29, 0.717) is 10.3 Å². The molecule has 1 aromatic heterocycles. The predicted molar refractivity (Wildman–Crippen MR) is 54.0 cm³/mol. The number of nitrogens with two attached hydrogens (primary N) is 1. The van der Waals surface area contributed by atoms with Crippen LogP contribution >= 0.6 is 23.2 Å². The first-order valence-corrected chi connectivity index (χ1v) is 4.98. The Bertz CT molecular complexity index is 314. The minimum atomic E-state index is -0.212. The van der Waals surface area contributed by atoms with Gasteiger partial charge < -0.3 is 5.73 Å². The Kier molecular flexibility index (Phi) is 2.22. The normalized spacial score (nSPS) is 19.6. The smallest absolute Gasteiger partial charge is 0.131 e. The molecule has 2 N–H and O–H groups in total. The van der Waals surface area contributed by atoms with Crippen LogP contribution in [0.4, 0.5) is 0 Å². The SMILES string of the molecule is NC1(c2cc(Cl)nc(Cl)c2)CCC1. The van der Waals surface area contributed by atoms with Gasteiger partial charge in [-0.25, -0.2) is 4.98 Å². The minimum Gasteiger partial charge on any atom is -0.321 e. The lowest BCUT2D eigenvalue weighted by atomic mass is 9.73. The van der Waals surface area contributed by atoms with Crippen LogP contribution in [0.5, 0.6) is 0 Å². The lowest BCUT2D eigenvalue weighted by molar-refractivity contribution is 0.253. The second-order valence-corrected chi connectivity index (χ2v) is 4.29. The van der Waals surface area contributed by atoms with Crippen molar-refractivity contribution < 1.29 is 0 Å². The molecule has 0 radical (unpaired) electrons. The zero-order chi connectivity index (χ0) is 9.47. The molecular weight excluding hydrogens is 207 g/mol. The molecule has 13 heavy (non-hydrogen) atoms. The highest BCUT2D eigenvalue weighted by Crippen LogP contribution is 2.39. The quantitative estimate of drug-likeness (QED) is 0.734. The molecule has 1 aliphatic rings.